The summed E-state index contributed by atoms with van der Waals surface area (Å²) in [5.41, 5.74) is 2.38. The summed E-state index contributed by atoms with van der Waals surface area (Å²) >= 11 is 0. The highest BCUT2D eigenvalue weighted by atomic mass is 16.5. The fraction of sp³-hybridized carbons (Fsp3) is 0.429. The first-order valence-corrected chi connectivity index (χ1v) is 5.68. The second-order valence-electron chi connectivity index (χ2n) is 4.37. The van der Waals surface area contributed by atoms with Crippen LogP contribution in [0.3, 0.4) is 0 Å². The van der Waals surface area contributed by atoms with E-state index in [1.165, 1.54) is 5.56 Å². The van der Waals surface area contributed by atoms with E-state index in [0.29, 0.717) is 0 Å². The van der Waals surface area contributed by atoms with Crippen LogP contribution in [0.2, 0.25) is 0 Å². The van der Waals surface area contributed by atoms with Crippen molar-refractivity contribution in [2.45, 2.75) is 33.4 Å². The van der Waals surface area contributed by atoms with Crippen LogP contribution in [0, 0.1) is 0 Å². The van der Waals surface area contributed by atoms with Gasteiger partial charge in [-0.25, -0.2) is 0 Å². The minimum Gasteiger partial charge on any atom is -0.491 e. The molecule has 0 unspecified atom stereocenters. The monoisotopic (exact) mass is 219 g/mol. The summed E-state index contributed by atoms with van der Waals surface area (Å²) in [5.74, 6) is 0.935. The molecule has 0 amide bonds. The Morgan fingerprint density at radius 3 is 2.81 bits per heavy atom. The van der Waals surface area contributed by atoms with E-state index in [1.54, 1.807) is 0 Å². The Kier molecular flexibility index (Phi) is 5.06. The van der Waals surface area contributed by atoms with Gasteiger partial charge in [0.2, 0.25) is 0 Å². The lowest BCUT2D eigenvalue weighted by Crippen LogP contribution is -2.15. The molecule has 1 aromatic rings. The fourth-order valence-corrected chi connectivity index (χ4v) is 1.42. The molecule has 1 N–H and O–H groups in total. The number of benzene rings is 1. The SMILES string of the molecule is C=C(C)CNCc1cccc(OC(C)C)c1. The lowest BCUT2D eigenvalue weighted by Gasteiger charge is -2.11. The second-order valence-corrected chi connectivity index (χ2v) is 4.37. The van der Waals surface area contributed by atoms with Crippen molar-refractivity contribution < 1.29 is 4.74 Å². The van der Waals surface area contributed by atoms with Crippen molar-refractivity contribution in [2.24, 2.45) is 0 Å². The minimum absolute atomic E-state index is 0.221. The molecule has 2 nitrogen and oxygen atoms in total. The Labute approximate surface area is 98.3 Å². The van der Waals surface area contributed by atoms with E-state index >= 15 is 0 Å². The molecule has 0 fully saturated rings. The summed E-state index contributed by atoms with van der Waals surface area (Å²) in [6, 6.07) is 8.18. The van der Waals surface area contributed by atoms with E-state index in [9.17, 15) is 0 Å². The molecule has 0 spiro atoms. The van der Waals surface area contributed by atoms with Crippen molar-refractivity contribution >= 4 is 0 Å². The van der Waals surface area contributed by atoms with Crippen molar-refractivity contribution in [1.82, 2.24) is 5.32 Å². The second kappa shape index (κ2) is 6.33. The third-order valence-electron chi connectivity index (χ3n) is 2.03. The highest BCUT2D eigenvalue weighted by Crippen LogP contribution is 2.14. The first-order chi connectivity index (χ1) is 7.58. The number of ether oxygens (including phenoxy) is 1. The minimum atomic E-state index is 0.221. The van der Waals surface area contributed by atoms with Gasteiger partial charge in [0.1, 0.15) is 5.75 Å². The van der Waals surface area contributed by atoms with Gasteiger partial charge in [-0.3, -0.25) is 0 Å². The lowest BCUT2D eigenvalue weighted by molar-refractivity contribution is 0.242. The molecule has 0 atom stereocenters. The number of hydrogen-bond donors (Lipinski definition) is 1. The zero-order chi connectivity index (χ0) is 12.0. The molecular weight excluding hydrogens is 198 g/mol. The fourth-order valence-electron chi connectivity index (χ4n) is 1.42. The van der Waals surface area contributed by atoms with E-state index in [4.69, 9.17) is 4.74 Å². The Hall–Kier alpha value is -1.28. The molecule has 0 aromatic heterocycles. The average Bonchev–Trinajstić information content (AvgIpc) is 2.16. The van der Waals surface area contributed by atoms with Gasteiger partial charge in [0.05, 0.1) is 6.10 Å². The van der Waals surface area contributed by atoms with Crippen LogP contribution in [0.25, 0.3) is 0 Å². The maximum Gasteiger partial charge on any atom is 0.120 e. The van der Waals surface area contributed by atoms with Gasteiger partial charge in [-0.2, -0.15) is 0 Å². The molecule has 1 aromatic carbocycles. The molecule has 0 aliphatic heterocycles. The Morgan fingerprint density at radius 1 is 1.44 bits per heavy atom. The summed E-state index contributed by atoms with van der Waals surface area (Å²) in [7, 11) is 0. The zero-order valence-electron chi connectivity index (χ0n) is 10.4. The molecule has 0 heterocycles. The van der Waals surface area contributed by atoms with Gasteiger partial charge in [0.25, 0.3) is 0 Å². The topological polar surface area (TPSA) is 21.3 Å². The molecule has 0 saturated carbocycles. The van der Waals surface area contributed by atoms with Crippen LogP contribution < -0.4 is 10.1 Å². The summed E-state index contributed by atoms with van der Waals surface area (Å²) in [6.45, 7) is 11.6. The highest BCUT2D eigenvalue weighted by Gasteiger charge is 1.99. The molecule has 0 bridgehead atoms. The first kappa shape index (κ1) is 12.8. The van der Waals surface area contributed by atoms with E-state index in [-0.39, 0.29) is 6.10 Å². The quantitative estimate of drug-likeness (QED) is 0.742. The van der Waals surface area contributed by atoms with Gasteiger partial charge >= 0.3 is 0 Å². The van der Waals surface area contributed by atoms with E-state index in [2.05, 4.69) is 24.0 Å². The van der Waals surface area contributed by atoms with Crippen molar-refractivity contribution in [3.63, 3.8) is 0 Å². The van der Waals surface area contributed by atoms with Gasteiger partial charge in [0.15, 0.2) is 0 Å². The van der Waals surface area contributed by atoms with Crippen molar-refractivity contribution in [3.8, 4) is 5.75 Å². The Bertz CT molecular complexity index is 344. The molecule has 0 aliphatic carbocycles. The molecular formula is C14H21NO. The standard InChI is InChI=1S/C14H21NO/c1-11(2)9-15-10-13-6-5-7-14(8-13)16-12(3)4/h5-8,12,15H,1,9-10H2,2-4H3. The van der Waals surface area contributed by atoms with Crippen LogP contribution in [-0.2, 0) is 6.54 Å². The van der Waals surface area contributed by atoms with Gasteiger partial charge < -0.3 is 10.1 Å². The van der Waals surface area contributed by atoms with E-state index in [0.717, 1.165) is 24.4 Å². The summed E-state index contributed by atoms with van der Waals surface area (Å²) < 4.78 is 5.64. The molecule has 88 valence electrons. The number of nitrogens with one attached hydrogen (secondary N) is 1. The number of rotatable bonds is 6. The molecule has 0 aliphatic rings. The Balaban J connectivity index is 2.50. The van der Waals surface area contributed by atoms with Gasteiger partial charge in [0, 0.05) is 13.1 Å². The third kappa shape index (κ3) is 4.99. The van der Waals surface area contributed by atoms with Crippen molar-refractivity contribution in [2.75, 3.05) is 6.54 Å². The van der Waals surface area contributed by atoms with Crippen molar-refractivity contribution in [1.29, 1.82) is 0 Å². The molecule has 0 radical (unpaired) electrons. The van der Waals surface area contributed by atoms with Crippen molar-refractivity contribution in [3.05, 3.63) is 42.0 Å². The van der Waals surface area contributed by atoms with Gasteiger partial charge in [-0.1, -0.05) is 24.3 Å². The van der Waals surface area contributed by atoms with Crippen LogP contribution in [0.15, 0.2) is 36.4 Å². The predicted molar refractivity (Wildman–Crippen MR) is 68.7 cm³/mol. The largest absolute Gasteiger partial charge is 0.491 e. The average molecular weight is 219 g/mol. The first-order valence-electron chi connectivity index (χ1n) is 5.68. The number of hydrogen-bond acceptors (Lipinski definition) is 2. The maximum absolute atomic E-state index is 5.64. The van der Waals surface area contributed by atoms with Crippen LogP contribution in [0.5, 0.6) is 5.75 Å². The highest BCUT2D eigenvalue weighted by molar-refractivity contribution is 5.28. The molecule has 0 saturated heterocycles. The lowest BCUT2D eigenvalue weighted by atomic mass is 10.2. The van der Waals surface area contributed by atoms with E-state index < -0.39 is 0 Å². The van der Waals surface area contributed by atoms with Gasteiger partial charge in [-0.15, -0.1) is 0 Å². The Morgan fingerprint density at radius 2 is 2.19 bits per heavy atom. The van der Waals surface area contributed by atoms with Crippen LogP contribution in [0.1, 0.15) is 26.3 Å². The molecule has 1 rings (SSSR count). The summed E-state index contributed by atoms with van der Waals surface area (Å²) in [6.07, 6.45) is 0.221. The van der Waals surface area contributed by atoms with Crippen LogP contribution in [-0.4, -0.2) is 12.6 Å². The molecule has 16 heavy (non-hydrogen) atoms. The summed E-state index contributed by atoms with van der Waals surface area (Å²) in [4.78, 5) is 0. The maximum atomic E-state index is 5.64. The molecule has 2 heteroatoms. The van der Waals surface area contributed by atoms with Gasteiger partial charge in [-0.05, 0) is 38.5 Å². The summed E-state index contributed by atoms with van der Waals surface area (Å²) in [5, 5.41) is 3.33. The predicted octanol–water partition coefficient (Wildman–Crippen LogP) is 3.14. The zero-order valence-corrected chi connectivity index (χ0v) is 10.4. The smallest absolute Gasteiger partial charge is 0.120 e. The van der Waals surface area contributed by atoms with Crippen LogP contribution >= 0.6 is 0 Å². The van der Waals surface area contributed by atoms with Crippen LogP contribution in [0.4, 0.5) is 0 Å². The third-order valence-corrected chi connectivity index (χ3v) is 2.03. The normalized spacial score (nSPS) is 10.5. The van der Waals surface area contributed by atoms with E-state index in [1.807, 2.05) is 32.9 Å².